The van der Waals surface area contributed by atoms with Crippen molar-refractivity contribution in [1.29, 1.82) is 0 Å². The van der Waals surface area contributed by atoms with E-state index in [1.807, 2.05) is 0 Å². The number of hydrogen-bond acceptors (Lipinski definition) is 6. The zero-order chi connectivity index (χ0) is 22.9. The molecule has 0 spiro atoms. The lowest BCUT2D eigenvalue weighted by atomic mass is 10.1. The van der Waals surface area contributed by atoms with Crippen LogP contribution >= 0.6 is 11.6 Å². The molecule has 0 saturated carbocycles. The molecule has 2 aromatic carbocycles. The highest BCUT2D eigenvalue weighted by Gasteiger charge is 2.15. The fraction of sp³-hybridized carbons (Fsp3) is 0.348. The molecule has 0 amide bonds. The van der Waals surface area contributed by atoms with Crippen molar-refractivity contribution in [2.75, 3.05) is 51.9 Å². The average Bonchev–Trinajstić information content (AvgIpc) is 2.80. The number of halogens is 2. The van der Waals surface area contributed by atoms with Gasteiger partial charge < -0.3 is 25.3 Å². The van der Waals surface area contributed by atoms with Gasteiger partial charge in [-0.05, 0) is 36.9 Å². The number of rotatable bonds is 10. The number of nitrogens with one attached hydrogen (secondary N) is 1. The summed E-state index contributed by atoms with van der Waals surface area (Å²) in [5.41, 5.74) is 7.95. The number of benzene rings is 2. The Morgan fingerprint density at radius 2 is 2.09 bits per heavy atom. The monoisotopic (exact) mass is 462 g/mol. The van der Waals surface area contributed by atoms with Crippen LogP contribution in [-0.4, -0.2) is 57.3 Å². The molecule has 172 valence electrons. The Morgan fingerprint density at radius 3 is 2.78 bits per heavy atom. The van der Waals surface area contributed by atoms with E-state index in [1.165, 1.54) is 24.4 Å². The number of aliphatic imine (C=N–C) groups is 1. The number of anilines is 1. The molecule has 0 bridgehead atoms. The molecule has 7 nitrogen and oxygen atoms in total. The maximum absolute atomic E-state index is 13.5. The van der Waals surface area contributed by atoms with Crippen LogP contribution < -0.4 is 20.5 Å². The van der Waals surface area contributed by atoms with E-state index < -0.39 is 5.82 Å². The average molecular weight is 463 g/mol. The topological polar surface area (TPSA) is 81.3 Å². The Balaban J connectivity index is 1.79. The minimum atomic E-state index is -0.518. The zero-order valence-corrected chi connectivity index (χ0v) is 18.8. The molecule has 3 rings (SSSR count). The van der Waals surface area contributed by atoms with Gasteiger partial charge in [-0.25, -0.2) is 9.38 Å². The van der Waals surface area contributed by atoms with Gasteiger partial charge >= 0.3 is 0 Å². The van der Waals surface area contributed by atoms with Gasteiger partial charge in [-0.3, -0.25) is 4.90 Å². The van der Waals surface area contributed by atoms with Crippen molar-refractivity contribution in [2.45, 2.75) is 6.42 Å². The summed E-state index contributed by atoms with van der Waals surface area (Å²) in [6.45, 7) is 8.59. The van der Waals surface area contributed by atoms with E-state index >= 15 is 0 Å². The van der Waals surface area contributed by atoms with Crippen molar-refractivity contribution in [1.82, 2.24) is 4.90 Å². The number of hydrogen-bond donors (Lipinski definition) is 2. The van der Waals surface area contributed by atoms with Gasteiger partial charge in [0.05, 0.1) is 43.3 Å². The molecular weight excluding hydrogens is 435 g/mol. The lowest BCUT2D eigenvalue weighted by molar-refractivity contribution is 0.0357. The van der Waals surface area contributed by atoms with Crippen LogP contribution in [0.25, 0.3) is 0 Å². The second-order valence-corrected chi connectivity index (χ2v) is 7.56. The van der Waals surface area contributed by atoms with Gasteiger partial charge in [-0.15, -0.1) is 0 Å². The molecule has 1 aliphatic rings. The Morgan fingerprint density at radius 1 is 1.31 bits per heavy atom. The number of amidine groups is 1. The largest absolute Gasteiger partial charge is 0.493 e. The quantitative estimate of drug-likeness (QED) is 0.313. The molecule has 0 aliphatic carbocycles. The Hall–Kier alpha value is -2.81. The van der Waals surface area contributed by atoms with Crippen LogP contribution in [-0.2, 0) is 4.74 Å². The third kappa shape index (κ3) is 6.35. The molecular formula is C23H28ClFN4O3. The van der Waals surface area contributed by atoms with Crippen molar-refractivity contribution < 1.29 is 18.6 Å². The minimum absolute atomic E-state index is 0.0255. The first-order valence-corrected chi connectivity index (χ1v) is 10.7. The first-order valence-electron chi connectivity index (χ1n) is 10.3. The molecule has 1 saturated heterocycles. The van der Waals surface area contributed by atoms with Gasteiger partial charge in [-0.1, -0.05) is 18.2 Å². The van der Waals surface area contributed by atoms with E-state index in [-0.39, 0.29) is 10.9 Å². The summed E-state index contributed by atoms with van der Waals surface area (Å²) < 4.78 is 30.3. The second kappa shape index (κ2) is 11.7. The molecule has 9 heteroatoms. The van der Waals surface area contributed by atoms with E-state index in [1.54, 1.807) is 19.2 Å². The Labute approximate surface area is 192 Å². The molecule has 2 aromatic rings. The summed E-state index contributed by atoms with van der Waals surface area (Å²) in [5.74, 6) is 0.796. The van der Waals surface area contributed by atoms with Crippen LogP contribution in [0.3, 0.4) is 0 Å². The first-order chi connectivity index (χ1) is 15.5. The van der Waals surface area contributed by atoms with Gasteiger partial charge in [0, 0.05) is 31.3 Å². The SMILES string of the molecule is C=CNc1cc(OC)c(OCCCN2CCOCC2)cc1C(N)=Nc1ccc(F)c(Cl)c1. The third-order valence-corrected chi connectivity index (χ3v) is 5.26. The molecule has 1 aliphatic heterocycles. The van der Waals surface area contributed by atoms with Crippen molar-refractivity contribution in [3.63, 3.8) is 0 Å². The molecule has 0 aromatic heterocycles. The summed E-state index contributed by atoms with van der Waals surface area (Å²) >= 11 is 5.86. The predicted octanol–water partition coefficient (Wildman–Crippen LogP) is 4.18. The summed E-state index contributed by atoms with van der Waals surface area (Å²) in [5, 5.41) is 3.01. The zero-order valence-electron chi connectivity index (χ0n) is 18.1. The Kier molecular flexibility index (Phi) is 8.72. The minimum Gasteiger partial charge on any atom is -0.493 e. The van der Waals surface area contributed by atoms with E-state index in [2.05, 4.69) is 21.8 Å². The van der Waals surface area contributed by atoms with Crippen molar-refractivity contribution in [3.8, 4) is 11.5 Å². The smallest absolute Gasteiger partial charge is 0.162 e. The van der Waals surface area contributed by atoms with Crippen LogP contribution in [0.15, 0.2) is 48.1 Å². The standard InChI is InChI=1S/C23H28ClFN4O3/c1-3-27-20-15-21(30-2)22(32-10-4-7-29-8-11-31-12-9-29)14-17(20)23(26)28-16-5-6-19(25)18(24)13-16/h3,5-6,13-15,27H,1,4,7-12H2,2H3,(H2,26,28). The fourth-order valence-electron chi connectivity index (χ4n) is 3.32. The summed E-state index contributed by atoms with van der Waals surface area (Å²) in [7, 11) is 1.57. The molecule has 1 heterocycles. The summed E-state index contributed by atoms with van der Waals surface area (Å²) in [6.07, 6.45) is 2.39. The summed E-state index contributed by atoms with van der Waals surface area (Å²) in [4.78, 5) is 6.73. The van der Waals surface area contributed by atoms with E-state index in [4.69, 9.17) is 31.5 Å². The molecule has 0 atom stereocenters. The van der Waals surface area contributed by atoms with Crippen LogP contribution in [0.1, 0.15) is 12.0 Å². The van der Waals surface area contributed by atoms with E-state index in [0.717, 1.165) is 39.3 Å². The van der Waals surface area contributed by atoms with Gasteiger partial charge in [0.2, 0.25) is 0 Å². The van der Waals surface area contributed by atoms with Crippen molar-refractivity contribution in [3.05, 3.63) is 59.5 Å². The predicted molar refractivity (Wildman–Crippen MR) is 126 cm³/mol. The maximum Gasteiger partial charge on any atom is 0.162 e. The molecule has 0 radical (unpaired) electrons. The van der Waals surface area contributed by atoms with E-state index in [0.29, 0.717) is 35.0 Å². The highest BCUT2D eigenvalue weighted by atomic mass is 35.5. The lowest BCUT2D eigenvalue weighted by Crippen LogP contribution is -2.37. The molecule has 0 unspecified atom stereocenters. The Bertz CT molecular complexity index is 964. The number of morpholine rings is 1. The molecule has 3 N–H and O–H groups in total. The number of methoxy groups -OCH3 is 1. The first kappa shape index (κ1) is 23.8. The summed E-state index contributed by atoms with van der Waals surface area (Å²) in [6, 6.07) is 7.70. The second-order valence-electron chi connectivity index (χ2n) is 7.15. The van der Waals surface area contributed by atoms with Crippen LogP contribution in [0.5, 0.6) is 11.5 Å². The van der Waals surface area contributed by atoms with Crippen LogP contribution in [0.2, 0.25) is 5.02 Å². The normalized spacial score (nSPS) is 14.8. The molecule has 1 fully saturated rings. The number of nitrogens with zero attached hydrogens (tertiary/aromatic N) is 2. The van der Waals surface area contributed by atoms with E-state index in [9.17, 15) is 4.39 Å². The number of nitrogens with two attached hydrogens (primary N) is 1. The highest BCUT2D eigenvalue weighted by molar-refractivity contribution is 6.31. The van der Waals surface area contributed by atoms with Crippen molar-refractivity contribution >= 4 is 28.8 Å². The molecule has 32 heavy (non-hydrogen) atoms. The van der Waals surface area contributed by atoms with Gasteiger partial charge in [0.15, 0.2) is 11.5 Å². The fourth-order valence-corrected chi connectivity index (χ4v) is 3.50. The van der Waals surface area contributed by atoms with Crippen LogP contribution in [0, 0.1) is 5.82 Å². The van der Waals surface area contributed by atoms with Gasteiger partial charge in [0.1, 0.15) is 11.7 Å². The highest BCUT2D eigenvalue weighted by Crippen LogP contribution is 2.34. The van der Waals surface area contributed by atoms with Crippen LogP contribution in [0.4, 0.5) is 15.8 Å². The maximum atomic E-state index is 13.5. The third-order valence-electron chi connectivity index (χ3n) is 4.97. The number of ether oxygens (including phenoxy) is 3. The van der Waals surface area contributed by atoms with Gasteiger partial charge in [0.25, 0.3) is 0 Å². The van der Waals surface area contributed by atoms with Crippen molar-refractivity contribution in [2.24, 2.45) is 10.7 Å². The van der Waals surface area contributed by atoms with Gasteiger partial charge in [-0.2, -0.15) is 0 Å². The lowest BCUT2D eigenvalue weighted by Gasteiger charge is -2.26.